The molecule has 0 amide bonds. The zero-order chi connectivity index (χ0) is 7.78. The van der Waals surface area contributed by atoms with Gasteiger partial charge in [-0.25, -0.2) is 0 Å². The second-order valence-corrected chi connectivity index (χ2v) is 4.02. The molecule has 0 radical (unpaired) electrons. The van der Waals surface area contributed by atoms with E-state index in [-0.39, 0.29) is 0 Å². The highest BCUT2D eigenvalue weighted by Gasteiger charge is 2.56. The average molecular weight is 184 g/mol. The molecule has 1 aliphatic rings. The Kier molecular flexibility index (Phi) is 2.13. The van der Waals surface area contributed by atoms with Crippen molar-refractivity contribution in [2.75, 3.05) is 0 Å². The second-order valence-electron chi connectivity index (χ2n) is 2.11. The highest BCUT2D eigenvalue weighted by molar-refractivity contribution is 7.48. The van der Waals surface area contributed by atoms with Gasteiger partial charge in [0.15, 0.2) is 4.31 Å². The predicted octanol–water partition coefficient (Wildman–Crippen LogP) is 2.10. The molecule has 1 aliphatic heterocycles. The maximum absolute atomic E-state index is 10.5. The molecule has 5 nitrogen and oxygen atoms in total. The Morgan fingerprint density at radius 3 is 1.80 bits per heavy atom. The first kappa shape index (κ1) is 8.18. The molecule has 0 aromatic carbocycles. The van der Waals surface area contributed by atoms with E-state index in [1.165, 1.54) is 13.8 Å². The predicted molar refractivity (Wildman–Crippen MR) is 32.5 cm³/mol. The van der Waals surface area contributed by atoms with Gasteiger partial charge in [0, 0.05) is 9.13 Å². The molecule has 0 aliphatic carbocycles. The van der Waals surface area contributed by atoms with Crippen LogP contribution in [0.4, 0.5) is 0 Å². The Morgan fingerprint density at radius 1 is 1.10 bits per heavy atom. The van der Waals surface area contributed by atoms with Gasteiger partial charge in [0.05, 0.1) is 0 Å². The minimum Gasteiger partial charge on any atom is -0.0762 e. The van der Waals surface area contributed by atoms with E-state index in [1.807, 2.05) is 0 Å². The van der Waals surface area contributed by atoms with Gasteiger partial charge in [0.2, 0.25) is 0 Å². The molecule has 2 atom stereocenters. The van der Waals surface area contributed by atoms with E-state index in [0.717, 1.165) is 0 Å². The lowest BCUT2D eigenvalue weighted by Gasteiger charge is -2.08. The lowest BCUT2D eigenvalue weighted by molar-refractivity contribution is -0.0965. The number of rotatable bonds is 0. The van der Waals surface area contributed by atoms with Crippen LogP contribution in [-0.4, -0.2) is 5.79 Å². The van der Waals surface area contributed by atoms with Crippen LogP contribution in [0.2, 0.25) is 0 Å². The van der Waals surface area contributed by atoms with Crippen molar-refractivity contribution >= 4 is 16.5 Å². The van der Waals surface area contributed by atoms with E-state index in [2.05, 4.69) is 13.4 Å². The van der Waals surface area contributed by atoms with Crippen LogP contribution in [0, 0.1) is 0 Å². The summed E-state index contributed by atoms with van der Waals surface area (Å²) >= 11 is 0. The van der Waals surface area contributed by atoms with Gasteiger partial charge in [-0.3, -0.25) is 0 Å². The standard InChI is InChI=1S/C3H6O5P2/c1-3(2)6-9(4)8-10(5)7-3/h1-2H3/q+2. The van der Waals surface area contributed by atoms with Gasteiger partial charge in [-0.05, 0) is 13.8 Å². The van der Waals surface area contributed by atoms with Gasteiger partial charge in [0.1, 0.15) is 0 Å². The molecule has 1 rings (SSSR count). The van der Waals surface area contributed by atoms with E-state index < -0.39 is 22.3 Å². The maximum atomic E-state index is 10.5. The van der Waals surface area contributed by atoms with Crippen LogP contribution in [0.15, 0.2) is 0 Å². The second kappa shape index (κ2) is 2.61. The third-order valence-corrected chi connectivity index (χ3v) is 2.97. The van der Waals surface area contributed by atoms with Gasteiger partial charge >= 0.3 is 16.5 Å². The lowest BCUT2D eigenvalue weighted by atomic mass is 10.4. The highest BCUT2D eigenvalue weighted by Crippen LogP contribution is 2.51. The third-order valence-electron chi connectivity index (χ3n) is 0.722. The Morgan fingerprint density at radius 2 is 1.50 bits per heavy atom. The monoisotopic (exact) mass is 184 g/mol. The quantitative estimate of drug-likeness (QED) is 0.539. The summed E-state index contributed by atoms with van der Waals surface area (Å²) in [5.74, 6) is -1.07. The molecule has 0 saturated carbocycles. The zero-order valence-electron chi connectivity index (χ0n) is 5.44. The molecule has 2 unspecified atom stereocenters. The number of hydrogen-bond acceptors (Lipinski definition) is 5. The minimum absolute atomic E-state index is 1.07. The van der Waals surface area contributed by atoms with Gasteiger partial charge in [0.25, 0.3) is 5.79 Å². The topological polar surface area (TPSA) is 61.8 Å². The molecular weight excluding hydrogens is 178 g/mol. The van der Waals surface area contributed by atoms with Crippen molar-refractivity contribution in [2.24, 2.45) is 0 Å². The van der Waals surface area contributed by atoms with Crippen LogP contribution >= 0.6 is 16.5 Å². The third kappa shape index (κ3) is 2.04. The van der Waals surface area contributed by atoms with Crippen molar-refractivity contribution in [1.29, 1.82) is 0 Å². The molecule has 56 valence electrons. The van der Waals surface area contributed by atoms with Crippen molar-refractivity contribution in [1.82, 2.24) is 0 Å². The molecule has 10 heavy (non-hydrogen) atoms. The largest absolute Gasteiger partial charge is 0.750 e. The average Bonchev–Trinajstić information content (AvgIpc) is 1.54. The molecule has 0 aromatic rings. The van der Waals surface area contributed by atoms with Crippen LogP contribution in [0.3, 0.4) is 0 Å². The fourth-order valence-corrected chi connectivity index (χ4v) is 2.02. The first-order chi connectivity index (χ1) is 4.49. The summed E-state index contributed by atoms with van der Waals surface area (Å²) in [7, 11) is -4.56. The van der Waals surface area contributed by atoms with Crippen LogP contribution in [0.25, 0.3) is 0 Å². The van der Waals surface area contributed by atoms with Crippen LogP contribution in [-0.2, 0) is 22.5 Å². The summed E-state index contributed by atoms with van der Waals surface area (Å²) in [4.78, 5) is 0. The fraction of sp³-hybridized carbons (Fsp3) is 1.00. The summed E-state index contributed by atoms with van der Waals surface area (Å²) in [6, 6.07) is 0. The van der Waals surface area contributed by atoms with E-state index in [1.54, 1.807) is 0 Å². The van der Waals surface area contributed by atoms with Crippen molar-refractivity contribution in [3.63, 3.8) is 0 Å². The maximum Gasteiger partial charge on any atom is 0.750 e. The highest BCUT2D eigenvalue weighted by atomic mass is 31.2. The molecule has 7 heteroatoms. The van der Waals surface area contributed by atoms with Crippen LogP contribution in [0.1, 0.15) is 13.8 Å². The van der Waals surface area contributed by atoms with Gasteiger partial charge in [-0.15, -0.1) is 0 Å². The van der Waals surface area contributed by atoms with E-state index in [4.69, 9.17) is 0 Å². The Labute approximate surface area is 59.6 Å². The summed E-state index contributed by atoms with van der Waals surface area (Å²) in [6.45, 7) is 3.02. The Hall–Kier alpha value is 0.0800. The molecular formula is C3H6O5P2+2. The Balaban J connectivity index is 2.68. The van der Waals surface area contributed by atoms with Crippen LogP contribution in [0.5, 0.6) is 0 Å². The minimum atomic E-state index is -2.28. The van der Waals surface area contributed by atoms with Gasteiger partial charge in [-0.1, -0.05) is 9.05 Å². The Bertz CT molecular complexity index is 169. The van der Waals surface area contributed by atoms with Crippen molar-refractivity contribution in [3.05, 3.63) is 0 Å². The first-order valence-corrected chi connectivity index (χ1v) is 4.69. The van der Waals surface area contributed by atoms with Gasteiger partial charge in [-0.2, -0.15) is 0 Å². The SMILES string of the molecule is CC1(C)O[P+](=O)O[P+](=O)O1. The summed E-state index contributed by atoms with van der Waals surface area (Å²) in [5, 5.41) is 0. The zero-order valence-corrected chi connectivity index (χ0v) is 7.22. The fourth-order valence-electron chi connectivity index (χ4n) is 0.463. The molecule has 1 fully saturated rings. The smallest absolute Gasteiger partial charge is 0.0762 e. The van der Waals surface area contributed by atoms with Crippen molar-refractivity contribution in [2.45, 2.75) is 19.6 Å². The number of hydrogen-bond donors (Lipinski definition) is 0. The normalized spacial score (nSPS) is 32.2. The van der Waals surface area contributed by atoms with E-state index in [0.29, 0.717) is 0 Å². The molecule has 0 aromatic heterocycles. The summed E-state index contributed by atoms with van der Waals surface area (Å²) in [5.41, 5.74) is 0. The molecule has 0 bridgehead atoms. The first-order valence-electron chi connectivity index (χ1n) is 2.50. The summed E-state index contributed by atoms with van der Waals surface area (Å²) in [6.07, 6.45) is 0. The van der Waals surface area contributed by atoms with E-state index in [9.17, 15) is 9.13 Å². The van der Waals surface area contributed by atoms with Crippen LogP contribution < -0.4 is 0 Å². The van der Waals surface area contributed by atoms with Crippen molar-refractivity contribution in [3.8, 4) is 0 Å². The van der Waals surface area contributed by atoms with Crippen molar-refractivity contribution < 1.29 is 22.5 Å². The van der Waals surface area contributed by atoms with Gasteiger partial charge < -0.3 is 0 Å². The summed E-state index contributed by atoms with van der Waals surface area (Å²) < 4.78 is 34.5. The molecule has 0 N–H and O–H groups in total. The lowest BCUT2D eigenvalue weighted by Crippen LogP contribution is -2.24. The molecule has 0 spiro atoms. The van der Waals surface area contributed by atoms with E-state index >= 15 is 0 Å². The molecule has 1 heterocycles. The molecule has 1 saturated heterocycles.